The van der Waals surface area contributed by atoms with Gasteiger partial charge in [-0.05, 0) is 0 Å². The van der Waals surface area contributed by atoms with Gasteiger partial charge in [0.1, 0.15) is 0 Å². The van der Waals surface area contributed by atoms with Crippen molar-refractivity contribution in [2.45, 2.75) is 26.3 Å². The predicted octanol–water partition coefficient (Wildman–Crippen LogP) is 0.914. The summed E-state index contributed by atoms with van der Waals surface area (Å²) in [5.74, 6) is 1.37. The summed E-state index contributed by atoms with van der Waals surface area (Å²) in [7, 11) is 1.65. The molecule has 0 bridgehead atoms. The summed E-state index contributed by atoms with van der Waals surface area (Å²) in [4.78, 5) is 4.17. The molecule has 5 nitrogen and oxygen atoms in total. The molecule has 2 unspecified atom stereocenters. The Hall–Kier alpha value is -0.940. The molecule has 2 atom stereocenters. The van der Waals surface area contributed by atoms with Crippen LogP contribution in [0.2, 0.25) is 0 Å². The maximum absolute atomic E-state index is 5.93. The molecule has 1 heterocycles. The minimum absolute atomic E-state index is 0.183. The van der Waals surface area contributed by atoms with Crippen LogP contribution in [0.15, 0.2) is 4.52 Å². The molecule has 0 aliphatic heterocycles. The molecule has 0 radical (unpaired) electrons. The summed E-state index contributed by atoms with van der Waals surface area (Å²) in [6.07, 6.45) is 0.735. The van der Waals surface area contributed by atoms with Crippen LogP contribution in [0.25, 0.3) is 0 Å². The van der Waals surface area contributed by atoms with E-state index in [1.165, 1.54) is 0 Å². The summed E-state index contributed by atoms with van der Waals surface area (Å²) >= 11 is 0. The average molecular weight is 199 g/mol. The molecule has 0 saturated carbocycles. The number of rotatable bonds is 5. The van der Waals surface area contributed by atoms with Crippen LogP contribution in [0.3, 0.4) is 0 Å². The Morgan fingerprint density at radius 2 is 2.29 bits per heavy atom. The van der Waals surface area contributed by atoms with Gasteiger partial charge in [0.25, 0.3) is 0 Å². The zero-order chi connectivity index (χ0) is 10.6. The number of hydrogen-bond acceptors (Lipinski definition) is 5. The second kappa shape index (κ2) is 5.07. The minimum Gasteiger partial charge on any atom is -0.384 e. The summed E-state index contributed by atoms with van der Waals surface area (Å²) in [5.41, 5.74) is 5.93. The molecule has 0 aliphatic carbocycles. The molecule has 5 heteroatoms. The largest absolute Gasteiger partial charge is 0.384 e. The first-order valence-electron chi connectivity index (χ1n) is 4.76. The lowest BCUT2D eigenvalue weighted by atomic mass is 10.0. The summed E-state index contributed by atoms with van der Waals surface area (Å²) < 4.78 is 9.99. The molecule has 1 aromatic heterocycles. The van der Waals surface area contributed by atoms with Crippen molar-refractivity contribution in [1.82, 2.24) is 10.1 Å². The molecule has 14 heavy (non-hydrogen) atoms. The van der Waals surface area contributed by atoms with Crippen molar-refractivity contribution >= 4 is 0 Å². The molecule has 0 amide bonds. The van der Waals surface area contributed by atoms with Crippen molar-refractivity contribution < 1.29 is 9.26 Å². The van der Waals surface area contributed by atoms with E-state index in [-0.39, 0.29) is 12.0 Å². The topological polar surface area (TPSA) is 74.2 Å². The molecule has 0 saturated heterocycles. The lowest BCUT2D eigenvalue weighted by Crippen LogP contribution is -2.23. The smallest absolute Gasteiger partial charge is 0.226 e. The van der Waals surface area contributed by atoms with Crippen molar-refractivity contribution in [3.05, 3.63) is 11.7 Å². The number of hydrogen-bond donors (Lipinski definition) is 1. The van der Waals surface area contributed by atoms with Gasteiger partial charge >= 0.3 is 0 Å². The van der Waals surface area contributed by atoms with Crippen molar-refractivity contribution in [3.8, 4) is 0 Å². The molecule has 0 aliphatic rings. The molecule has 80 valence electrons. The van der Waals surface area contributed by atoms with E-state index in [1.807, 2.05) is 13.8 Å². The molecule has 1 aromatic rings. The third-order valence-electron chi connectivity index (χ3n) is 2.13. The van der Waals surface area contributed by atoms with Gasteiger partial charge in [-0.25, -0.2) is 0 Å². The quantitative estimate of drug-likeness (QED) is 0.763. The number of aryl methyl sites for hydroxylation is 1. The highest BCUT2D eigenvalue weighted by Gasteiger charge is 2.19. The lowest BCUT2D eigenvalue weighted by Gasteiger charge is -2.14. The fourth-order valence-electron chi connectivity index (χ4n) is 1.17. The van der Waals surface area contributed by atoms with Crippen molar-refractivity contribution in [2.75, 3.05) is 13.7 Å². The van der Waals surface area contributed by atoms with Crippen LogP contribution in [0.5, 0.6) is 0 Å². The SMILES string of the molecule is CCc1nc(C(N)C(C)COC)no1. The van der Waals surface area contributed by atoms with Crippen LogP contribution in [-0.2, 0) is 11.2 Å². The van der Waals surface area contributed by atoms with Gasteiger partial charge in [0.2, 0.25) is 5.89 Å². The maximum Gasteiger partial charge on any atom is 0.226 e. The number of nitrogens with zero attached hydrogens (tertiary/aromatic N) is 2. The second-order valence-electron chi connectivity index (χ2n) is 3.36. The molecule has 0 spiro atoms. The number of nitrogens with two attached hydrogens (primary N) is 1. The fraction of sp³-hybridized carbons (Fsp3) is 0.778. The fourth-order valence-corrected chi connectivity index (χ4v) is 1.17. The molecule has 1 rings (SSSR count). The van der Waals surface area contributed by atoms with Gasteiger partial charge in [-0.2, -0.15) is 4.98 Å². The van der Waals surface area contributed by atoms with Gasteiger partial charge in [0.05, 0.1) is 12.6 Å². The van der Waals surface area contributed by atoms with E-state index in [4.69, 9.17) is 15.0 Å². The van der Waals surface area contributed by atoms with Crippen LogP contribution < -0.4 is 5.73 Å². The van der Waals surface area contributed by atoms with Crippen LogP contribution in [0.4, 0.5) is 0 Å². The van der Waals surface area contributed by atoms with E-state index in [1.54, 1.807) is 7.11 Å². The first-order chi connectivity index (χ1) is 6.69. The summed E-state index contributed by atoms with van der Waals surface area (Å²) in [5, 5.41) is 3.82. The zero-order valence-corrected chi connectivity index (χ0v) is 8.86. The van der Waals surface area contributed by atoms with E-state index in [9.17, 15) is 0 Å². The van der Waals surface area contributed by atoms with E-state index >= 15 is 0 Å². The normalized spacial score (nSPS) is 15.4. The van der Waals surface area contributed by atoms with Gasteiger partial charge in [-0.15, -0.1) is 0 Å². The number of methoxy groups -OCH3 is 1. The Morgan fingerprint density at radius 3 is 2.79 bits per heavy atom. The van der Waals surface area contributed by atoms with Crippen molar-refractivity contribution in [3.63, 3.8) is 0 Å². The lowest BCUT2D eigenvalue weighted by molar-refractivity contribution is 0.145. The third kappa shape index (κ3) is 2.52. The highest BCUT2D eigenvalue weighted by Crippen LogP contribution is 2.16. The van der Waals surface area contributed by atoms with Gasteiger partial charge < -0.3 is 15.0 Å². The summed E-state index contributed by atoms with van der Waals surface area (Å²) in [6.45, 7) is 4.55. The molecule has 0 fully saturated rings. The van der Waals surface area contributed by atoms with Crippen LogP contribution in [-0.4, -0.2) is 23.9 Å². The first-order valence-corrected chi connectivity index (χ1v) is 4.76. The molecule has 2 N–H and O–H groups in total. The van der Waals surface area contributed by atoms with Gasteiger partial charge in [0.15, 0.2) is 5.82 Å². The number of ether oxygens (including phenoxy) is 1. The van der Waals surface area contributed by atoms with Gasteiger partial charge in [-0.1, -0.05) is 19.0 Å². The van der Waals surface area contributed by atoms with E-state index in [0.29, 0.717) is 18.3 Å². The predicted molar refractivity (Wildman–Crippen MR) is 51.6 cm³/mol. The Labute approximate surface area is 83.6 Å². The third-order valence-corrected chi connectivity index (χ3v) is 2.13. The zero-order valence-electron chi connectivity index (χ0n) is 8.86. The van der Waals surface area contributed by atoms with E-state index < -0.39 is 0 Å². The highest BCUT2D eigenvalue weighted by atomic mass is 16.5. The van der Waals surface area contributed by atoms with Gasteiger partial charge in [0, 0.05) is 19.4 Å². The van der Waals surface area contributed by atoms with E-state index in [0.717, 1.165) is 6.42 Å². The van der Waals surface area contributed by atoms with Crippen molar-refractivity contribution in [1.29, 1.82) is 0 Å². The molecular formula is C9H17N3O2. The van der Waals surface area contributed by atoms with E-state index in [2.05, 4.69) is 10.1 Å². The highest BCUT2D eigenvalue weighted by molar-refractivity contribution is 4.94. The Kier molecular flexibility index (Phi) is 4.03. The van der Waals surface area contributed by atoms with Crippen molar-refractivity contribution in [2.24, 2.45) is 11.7 Å². The second-order valence-corrected chi connectivity index (χ2v) is 3.36. The molecule has 0 aromatic carbocycles. The van der Waals surface area contributed by atoms with Gasteiger partial charge in [-0.3, -0.25) is 0 Å². The number of aromatic nitrogens is 2. The van der Waals surface area contributed by atoms with Crippen LogP contribution in [0, 0.1) is 5.92 Å². The standard InChI is InChI=1S/C9H17N3O2/c1-4-7-11-9(12-14-7)8(10)6(2)5-13-3/h6,8H,4-5,10H2,1-3H3. The van der Waals surface area contributed by atoms with Crippen LogP contribution >= 0.6 is 0 Å². The minimum atomic E-state index is -0.223. The van der Waals surface area contributed by atoms with Crippen LogP contribution in [0.1, 0.15) is 31.6 Å². The Bertz CT molecular complexity index is 275. The Balaban J connectivity index is 2.63. The maximum atomic E-state index is 5.93. The monoisotopic (exact) mass is 199 g/mol. The molecular weight excluding hydrogens is 182 g/mol. The first kappa shape index (κ1) is 11.1. The Morgan fingerprint density at radius 1 is 1.57 bits per heavy atom. The average Bonchev–Trinajstić information content (AvgIpc) is 2.65. The summed E-state index contributed by atoms with van der Waals surface area (Å²) in [6, 6.07) is -0.223.